The maximum atomic E-state index is 10.4. The lowest BCUT2D eigenvalue weighted by Crippen LogP contribution is -2.45. The van der Waals surface area contributed by atoms with E-state index in [0.717, 1.165) is 17.0 Å². The second-order valence-corrected chi connectivity index (χ2v) is 7.19. The first-order chi connectivity index (χ1) is 11.8. The highest BCUT2D eigenvalue weighted by Gasteiger charge is 2.30. The van der Waals surface area contributed by atoms with Crippen LogP contribution in [0, 0.1) is 6.92 Å². The van der Waals surface area contributed by atoms with Crippen LogP contribution >= 0.6 is 11.6 Å². The predicted octanol–water partition coefficient (Wildman–Crippen LogP) is 3.53. The monoisotopic (exact) mass is 356 g/mol. The summed E-state index contributed by atoms with van der Waals surface area (Å²) in [5.74, 6) is 1.45. The van der Waals surface area contributed by atoms with Crippen molar-refractivity contribution in [1.29, 1.82) is 0 Å². The average molecular weight is 357 g/mol. The number of hydrogen-bond donors (Lipinski definition) is 1. The molecule has 0 amide bonds. The minimum Gasteiger partial charge on any atom is -0.389 e. The summed E-state index contributed by atoms with van der Waals surface area (Å²) in [6.07, 6.45) is 7.32. The molecule has 6 heteroatoms. The fourth-order valence-corrected chi connectivity index (χ4v) is 2.92. The molecule has 1 N–H and O–H groups in total. The molecule has 1 aliphatic heterocycles. The quantitative estimate of drug-likeness (QED) is 0.910. The Balaban J connectivity index is 2.01. The first-order valence-electron chi connectivity index (χ1n) is 8.11. The zero-order chi connectivity index (χ0) is 18.0. The van der Waals surface area contributed by atoms with Gasteiger partial charge in [0.15, 0.2) is 0 Å². The minimum absolute atomic E-state index is 0.0579. The Kier molecular flexibility index (Phi) is 4.88. The van der Waals surface area contributed by atoms with Gasteiger partial charge in [0, 0.05) is 30.2 Å². The van der Waals surface area contributed by atoms with Crippen molar-refractivity contribution in [3.63, 3.8) is 0 Å². The van der Waals surface area contributed by atoms with Crippen LogP contribution in [0.5, 0.6) is 0 Å². The van der Waals surface area contributed by atoms with E-state index < -0.39 is 5.60 Å². The number of aliphatic hydroxyl groups is 1. The Hall–Kier alpha value is -2.24. The number of amidine groups is 1. The van der Waals surface area contributed by atoms with Gasteiger partial charge in [-0.25, -0.2) is 15.0 Å². The number of aromatic nitrogens is 2. The number of rotatable bonds is 4. The Morgan fingerprint density at radius 3 is 2.40 bits per heavy atom. The molecule has 2 heterocycles. The largest absolute Gasteiger partial charge is 0.389 e. The lowest BCUT2D eigenvalue weighted by Gasteiger charge is -2.38. The molecule has 0 fully saturated rings. The molecular weight excluding hydrogens is 336 g/mol. The standard InChI is InChI=1S/C19H21ClN4O/c1-13-22-10-15(11-23-13)18-21-9-8-17(24(18)12-19(2,3)25)14-4-6-16(20)7-5-14/h4-11,17,25H,12H2,1-3H3. The summed E-state index contributed by atoms with van der Waals surface area (Å²) in [6.45, 7) is 5.83. The fourth-order valence-electron chi connectivity index (χ4n) is 2.79. The van der Waals surface area contributed by atoms with E-state index in [4.69, 9.17) is 11.6 Å². The van der Waals surface area contributed by atoms with Gasteiger partial charge in [0.1, 0.15) is 11.7 Å². The van der Waals surface area contributed by atoms with Crippen molar-refractivity contribution in [3.05, 3.63) is 70.9 Å². The molecule has 2 aromatic rings. The van der Waals surface area contributed by atoms with Crippen LogP contribution < -0.4 is 0 Å². The maximum absolute atomic E-state index is 10.4. The van der Waals surface area contributed by atoms with Gasteiger partial charge in [-0.3, -0.25) is 0 Å². The lowest BCUT2D eigenvalue weighted by atomic mass is 10.00. The van der Waals surface area contributed by atoms with Crippen LogP contribution in [0.25, 0.3) is 0 Å². The zero-order valence-electron chi connectivity index (χ0n) is 14.5. The van der Waals surface area contributed by atoms with Crippen LogP contribution in [0.1, 0.15) is 36.8 Å². The second kappa shape index (κ2) is 6.94. The topological polar surface area (TPSA) is 61.6 Å². The van der Waals surface area contributed by atoms with E-state index in [1.807, 2.05) is 37.3 Å². The van der Waals surface area contributed by atoms with E-state index in [1.54, 1.807) is 32.4 Å². The molecule has 0 radical (unpaired) electrons. The van der Waals surface area contributed by atoms with Crippen LogP contribution in [0.3, 0.4) is 0 Å². The van der Waals surface area contributed by atoms with E-state index in [1.165, 1.54) is 0 Å². The molecule has 5 nitrogen and oxygen atoms in total. The molecule has 0 bridgehead atoms. The Morgan fingerprint density at radius 1 is 1.16 bits per heavy atom. The van der Waals surface area contributed by atoms with Crippen molar-refractivity contribution in [2.75, 3.05) is 6.54 Å². The van der Waals surface area contributed by atoms with Crippen LogP contribution in [0.2, 0.25) is 5.02 Å². The van der Waals surface area contributed by atoms with Gasteiger partial charge >= 0.3 is 0 Å². The van der Waals surface area contributed by atoms with Crippen LogP contribution in [-0.4, -0.2) is 38.0 Å². The second-order valence-electron chi connectivity index (χ2n) is 6.75. The minimum atomic E-state index is -0.887. The van der Waals surface area contributed by atoms with Crippen molar-refractivity contribution in [2.45, 2.75) is 32.4 Å². The van der Waals surface area contributed by atoms with Gasteiger partial charge in [-0.05, 0) is 44.5 Å². The Labute approximate surface area is 152 Å². The summed E-state index contributed by atoms with van der Waals surface area (Å²) >= 11 is 6.02. The molecule has 0 saturated carbocycles. The first-order valence-corrected chi connectivity index (χ1v) is 8.49. The molecule has 0 saturated heterocycles. The molecule has 1 aromatic carbocycles. The molecule has 1 aliphatic rings. The number of benzene rings is 1. The number of hydrogen-bond acceptors (Lipinski definition) is 5. The van der Waals surface area contributed by atoms with Gasteiger partial charge < -0.3 is 10.0 Å². The van der Waals surface area contributed by atoms with E-state index in [2.05, 4.69) is 19.9 Å². The summed E-state index contributed by atoms with van der Waals surface area (Å²) < 4.78 is 0. The van der Waals surface area contributed by atoms with E-state index in [-0.39, 0.29) is 6.04 Å². The summed E-state index contributed by atoms with van der Waals surface area (Å²) in [5, 5.41) is 11.1. The summed E-state index contributed by atoms with van der Waals surface area (Å²) in [5.41, 5.74) is 1.01. The molecule has 0 aliphatic carbocycles. The number of halogens is 1. The molecule has 1 atom stereocenters. The smallest absolute Gasteiger partial charge is 0.139 e. The highest BCUT2D eigenvalue weighted by atomic mass is 35.5. The van der Waals surface area contributed by atoms with Crippen molar-refractivity contribution < 1.29 is 5.11 Å². The molecule has 130 valence electrons. The van der Waals surface area contributed by atoms with Crippen LogP contribution in [0.4, 0.5) is 0 Å². The third kappa shape index (κ3) is 4.24. The van der Waals surface area contributed by atoms with Gasteiger partial charge in [0.05, 0.1) is 17.2 Å². The van der Waals surface area contributed by atoms with Gasteiger partial charge in [0.25, 0.3) is 0 Å². The molecule has 1 unspecified atom stereocenters. The van der Waals surface area contributed by atoms with Crippen molar-refractivity contribution in [2.24, 2.45) is 4.99 Å². The molecule has 25 heavy (non-hydrogen) atoms. The molecule has 0 spiro atoms. The number of β-amino-alcohol motifs (C(OH)–C–C–N with tert-alkyl or cyclic N) is 1. The van der Waals surface area contributed by atoms with Crippen molar-refractivity contribution in [1.82, 2.24) is 14.9 Å². The van der Waals surface area contributed by atoms with Gasteiger partial charge in [-0.15, -0.1) is 0 Å². The predicted molar refractivity (Wildman–Crippen MR) is 99.6 cm³/mol. The van der Waals surface area contributed by atoms with Crippen LogP contribution in [-0.2, 0) is 0 Å². The SMILES string of the molecule is Cc1ncc(C2=NC=CC(c3ccc(Cl)cc3)N2CC(C)(C)O)cn1. The summed E-state index contributed by atoms with van der Waals surface area (Å²) in [7, 11) is 0. The van der Waals surface area contributed by atoms with Gasteiger partial charge in [0.2, 0.25) is 0 Å². The van der Waals surface area contributed by atoms with E-state index >= 15 is 0 Å². The summed E-state index contributed by atoms with van der Waals surface area (Å²) in [4.78, 5) is 15.1. The molecular formula is C19H21ClN4O. The third-order valence-corrected chi connectivity index (χ3v) is 4.13. The van der Waals surface area contributed by atoms with Crippen LogP contribution in [0.15, 0.2) is 53.9 Å². The van der Waals surface area contributed by atoms with Crippen molar-refractivity contribution >= 4 is 17.4 Å². The number of aryl methyl sites for hydroxylation is 1. The highest BCUT2D eigenvalue weighted by Crippen LogP contribution is 2.30. The van der Waals surface area contributed by atoms with E-state index in [0.29, 0.717) is 17.4 Å². The first kappa shape index (κ1) is 17.6. The lowest BCUT2D eigenvalue weighted by molar-refractivity contribution is 0.0501. The zero-order valence-corrected chi connectivity index (χ0v) is 15.3. The Bertz CT molecular complexity index is 792. The van der Waals surface area contributed by atoms with Gasteiger partial charge in [-0.1, -0.05) is 23.7 Å². The normalized spacial score (nSPS) is 17.6. The average Bonchev–Trinajstić information content (AvgIpc) is 2.55. The van der Waals surface area contributed by atoms with Crippen molar-refractivity contribution in [3.8, 4) is 0 Å². The summed E-state index contributed by atoms with van der Waals surface area (Å²) in [6, 6.07) is 7.66. The van der Waals surface area contributed by atoms with Gasteiger partial charge in [-0.2, -0.15) is 0 Å². The molecule has 3 rings (SSSR count). The Morgan fingerprint density at radius 2 is 1.80 bits per heavy atom. The number of aliphatic imine (C=N–C) groups is 1. The third-order valence-electron chi connectivity index (χ3n) is 3.88. The maximum Gasteiger partial charge on any atom is 0.139 e. The van der Waals surface area contributed by atoms with E-state index in [9.17, 15) is 5.11 Å². The fraction of sp³-hybridized carbons (Fsp3) is 0.316. The number of nitrogens with zero attached hydrogens (tertiary/aromatic N) is 4. The highest BCUT2D eigenvalue weighted by molar-refractivity contribution is 6.30. The molecule has 1 aromatic heterocycles.